The van der Waals surface area contributed by atoms with Crippen LogP contribution < -0.4 is 0 Å². The van der Waals surface area contributed by atoms with Crippen LogP contribution >= 0.6 is 98.5 Å². The maximum absolute atomic E-state index is 2.55. The van der Waals surface area contributed by atoms with Crippen molar-refractivity contribution in [1.82, 2.24) is 0 Å². The Bertz CT molecular complexity index is 19.4. The molecule has 6 heteroatoms. The van der Waals surface area contributed by atoms with Gasteiger partial charge < -0.3 is 0 Å². The summed E-state index contributed by atoms with van der Waals surface area (Å²) in [6, 6.07) is 0. The molecule has 0 atom stereocenters. The first-order valence-corrected chi connectivity index (χ1v) is 34.0. The van der Waals surface area contributed by atoms with Gasteiger partial charge in [-0.15, -0.1) is 24.0 Å². The average Bonchev–Trinajstić information content (AvgIpc) is 0.722. The van der Waals surface area contributed by atoms with Crippen molar-refractivity contribution >= 4 is 101 Å². The van der Waals surface area contributed by atoms with Gasteiger partial charge in [-0.25, -0.2) is 0 Å². The molecule has 0 spiro atoms. The Balaban J connectivity index is 0. The summed E-state index contributed by atoms with van der Waals surface area (Å²) in [6.07, 6.45) is 0. The zero-order valence-electron chi connectivity index (χ0n) is 2.42. The van der Waals surface area contributed by atoms with Crippen LogP contribution in [-0.2, 0) is 0 Å². The Morgan fingerprint density at radius 1 is 0.833 bits per heavy atom. The van der Waals surface area contributed by atoms with E-state index in [0.29, 0.717) is 0 Å². The fourth-order valence-corrected chi connectivity index (χ4v) is 0. The van der Waals surface area contributed by atoms with Gasteiger partial charge in [-0.2, -0.15) is 0 Å². The Morgan fingerprint density at radius 3 is 0.833 bits per heavy atom. The summed E-state index contributed by atoms with van der Waals surface area (Å²) in [5, 5.41) is 0. The molecule has 0 aliphatic heterocycles. The van der Waals surface area contributed by atoms with Crippen molar-refractivity contribution in [3.63, 3.8) is 0 Å². The molecule has 0 aromatic heterocycles. The average molecular weight is 754 g/mol. The van der Waals surface area contributed by atoms with E-state index in [9.17, 15) is 0 Å². The van der Waals surface area contributed by atoms with Crippen LogP contribution in [-0.4, -0.2) is 2.50 Å². The van der Waals surface area contributed by atoms with Crippen molar-refractivity contribution in [2.24, 2.45) is 0 Å². The number of rotatable bonds is 0. The van der Waals surface area contributed by atoms with Gasteiger partial charge in [0.05, 0.1) is 0 Å². The van der Waals surface area contributed by atoms with Gasteiger partial charge >= 0.3 is 77.0 Å². The van der Waals surface area contributed by atoms with Gasteiger partial charge in [-0.3, -0.25) is 0 Å². The molecule has 0 aliphatic carbocycles. The molecule has 6 heavy (non-hydrogen) atoms. The second-order valence-electron chi connectivity index (χ2n) is 0.429. The van der Waals surface area contributed by atoms with Gasteiger partial charge in [0.25, 0.3) is 0 Å². The molecule has 0 saturated carbocycles. The van der Waals surface area contributed by atoms with E-state index in [4.69, 9.17) is 0 Å². The summed E-state index contributed by atoms with van der Waals surface area (Å²) in [5.74, 6) is 0. The first kappa shape index (κ1) is 13.1. The molecule has 0 radical (unpaired) electrons. The minimum absolute atomic E-state index is 0. The van der Waals surface area contributed by atoms with E-state index in [-0.39, 0.29) is 24.0 Å². The topological polar surface area (TPSA) is 0 Å². The minimum atomic E-state index is -1.30. The second-order valence-corrected chi connectivity index (χ2v) is 129. The Labute approximate surface area is 97.4 Å². The van der Waals surface area contributed by atoms with E-state index < -0.39 is 2.50 Å². The number of hydrogen-bond acceptors (Lipinski definition) is 0. The molecule has 0 aromatic carbocycles. The van der Waals surface area contributed by atoms with Gasteiger partial charge in [-0.05, 0) is 0 Å². The first-order valence-electron chi connectivity index (χ1n) is 0.756. The van der Waals surface area contributed by atoms with Gasteiger partial charge in [0.1, 0.15) is 0 Å². The summed E-state index contributed by atoms with van der Waals surface area (Å²) in [5.41, 5.74) is 0. The SMILES string of the molecule is I.[I][Sn]([I])([I])[I]. The molecular weight excluding hydrogens is 753 g/mol. The van der Waals surface area contributed by atoms with Crippen LogP contribution in [0.2, 0.25) is 0 Å². The third-order valence-electron chi connectivity index (χ3n) is 0. The number of halogens is 5. The van der Waals surface area contributed by atoms with Gasteiger partial charge in [0.2, 0.25) is 0 Å². The fourth-order valence-electron chi connectivity index (χ4n) is 0. The van der Waals surface area contributed by atoms with Crippen molar-refractivity contribution < 1.29 is 0 Å². The zero-order valence-corrected chi connectivity index (χ0v) is 16.2. The molecule has 0 aliphatic rings. The molecule has 0 aromatic rings. The second kappa shape index (κ2) is 6.18. The van der Waals surface area contributed by atoms with E-state index >= 15 is 0 Å². The van der Waals surface area contributed by atoms with Crippen molar-refractivity contribution in [3.05, 3.63) is 0 Å². The summed E-state index contributed by atoms with van der Waals surface area (Å²) < 4.78 is -1.30. The van der Waals surface area contributed by atoms with Crippen molar-refractivity contribution in [2.45, 2.75) is 0 Å². The zero-order chi connectivity index (χ0) is 4.50. The van der Waals surface area contributed by atoms with E-state index in [1.54, 1.807) is 0 Å². The molecule has 0 fully saturated rings. The van der Waals surface area contributed by atoms with E-state index in [2.05, 4.69) is 74.5 Å². The Kier molecular flexibility index (Phi) is 13.5. The molecule has 0 saturated heterocycles. The van der Waals surface area contributed by atoms with Crippen LogP contribution in [0.1, 0.15) is 0 Å². The molecule has 0 unspecified atom stereocenters. The summed E-state index contributed by atoms with van der Waals surface area (Å²) in [7, 11) is 0. The van der Waals surface area contributed by atoms with Crippen molar-refractivity contribution in [3.8, 4) is 0 Å². The molecule has 40 valence electrons. The van der Waals surface area contributed by atoms with E-state index in [1.165, 1.54) is 0 Å². The van der Waals surface area contributed by atoms with Gasteiger partial charge in [0.15, 0.2) is 0 Å². The fraction of sp³-hybridized carbons (Fsp3) is 0. The third-order valence-corrected chi connectivity index (χ3v) is 0. The molecule has 0 heterocycles. The standard InChI is InChI=1S/5HI.Sn/h5*1H;/q;;;;;+4/p-4. The summed E-state index contributed by atoms with van der Waals surface area (Å²) in [6.45, 7) is 0. The predicted molar refractivity (Wildman–Crippen MR) is 77.2 cm³/mol. The monoisotopic (exact) mass is 755 g/mol. The van der Waals surface area contributed by atoms with Crippen molar-refractivity contribution in [1.29, 1.82) is 0 Å². The van der Waals surface area contributed by atoms with Crippen molar-refractivity contribution in [2.75, 3.05) is 0 Å². The molecule has 0 rings (SSSR count). The van der Waals surface area contributed by atoms with E-state index in [1.807, 2.05) is 0 Å². The van der Waals surface area contributed by atoms with Crippen LogP contribution in [0.4, 0.5) is 0 Å². The summed E-state index contributed by atoms with van der Waals surface area (Å²) >= 11 is 10.2. The van der Waals surface area contributed by atoms with Gasteiger partial charge in [-0.1, -0.05) is 0 Å². The molecule has 0 bridgehead atoms. The van der Waals surface area contributed by atoms with Gasteiger partial charge in [0, 0.05) is 0 Å². The molecular formula is HI5Sn. The van der Waals surface area contributed by atoms with Crippen LogP contribution in [0.25, 0.3) is 0 Å². The van der Waals surface area contributed by atoms with Crippen LogP contribution in [0.5, 0.6) is 0 Å². The Hall–Kier alpha value is 4.45. The van der Waals surface area contributed by atoms with Crippen LogP contribution in [0, 0.1) is 0 Å². The quantitative estimate of drug-likeness (QED) is 0.261. The normalized spacial score (nSPS) is 10.0. The maximum atomic E-state index is 2.55. The third kappa shape index (κ3) is 23.7. The molecule has 0 N–H and O–H groups in total. The molecule has 0 amide bonds. The van der Waals surface area contributed by atoms with Crippen LogP contribution in [0.3, 0.4) is 0 Å². The Morgan fingerprint density at radius 2 is 0.833 bits per heavy atom. The predicted octanol–water partition coefficient (Wildman–Crippen LogP) is 3.78. The first-order chi connectivity index (χ1) is 2.00. The van der Waals surface area contributed by atoms with E-state index in [0.717, 1.165) is 0 Å². The van der Waals surface area contributed by atoms with Crippen LogP contribution in [0.15, 0.2) is 0 Å². The number of hydrogen-bond donors (Lipinski definition) is 0. The summed E-state index contributed by atoms with van der Waals surface area (Å²) in [4.78, 5) is 0. The molecule has 0 nitrogen and oxygen atoms in total.